The van der Waals surface area contributed by atoms with E-state index in [2.05, 4.69) is 37.9 Å². The van der Waals surface area contributed by atoms with E-state index in [9.17, 15) is 9.18 Å². The van der Waals surface area contributed by atoms with Crippen LogP contribution in [0.15, 0.2) is 58.4 Å². The van der Waals surface area contributed by atoms with Crippen molar-refractivity contribution >= 4 is 34.6 Å². The van der Waals surface area contributed by atoms with Gasteiger partial charge in [0.1, 0.15) is 11.5 Å². The zero-order valence-electron chi connectivity index (χ0n) is 15.3. The van der Waals surface area contributed by atoms with Gasteiger partial charge < -0.3 is 0 Å². The van der Waals surface area contributed by atoms with Crippen LogP contribution in [0, 0.1) is 5.82 Å². The van der Waals surface area contributed by atoms with Crippen LogP contribution >= 0.6 is 11.8 Å². The van der Waals surface area contributed by atoms with Crippen molar-refractivity contribution in [3.05, 3.63) is 70.4 Å². The molecule has 0 aliphatic carbocycles. The lowest BCUT2D eigenvalue weighted by molar-refractivity contribution is -0.121. The van der Waals surface area contributed by atoms with Crippen LogP contribution in [-0.2, 0) is 10.2 Å². The fraction of sp³-hybridized carbons (Fsp3) is 0.238. The SMILES string of the molecule is CN1C(=O)/C(=C\c2ccc(C(C)(C)C)cc2)SC1=Nc1ccccc1F. The van der Waals surface area contributed by atoms with Gasteiger partial charge in [-0.05, 0) is 46.5 Å². The topological polar surface area (TPSA) is 32.7 Å². The molecule has 0 saturated carbocycles. The van der Waals surface area contributed by atoms with E-state index in [1.54, 1.807) is 25.2 Å². The second-order valence-electron chi connectivity index (χ2n) is 7.19. The van der Waals surface area contributed by atoms with E-state index in [0.29, 0.717) is 10.1 Å². The maximum absolute atomic E-state index is 13.8. The molecule has 0 bridgehead atoms. The lowest BCUT2D eigenvalue weighted by Crippen LogP contribution is -2.23. The number of thioether (sulfide) groups is 1. The average molecular weight is 368 g/mol. The van der Waals surface area contributed by atoms with Crippen molar-refractivity contribution in [2.24, 2.45) is 4.99 Å². The Bertz CT molecular complexity index is 895. The molecule has 0 spiro atoms. The van der Waals surface area contributed by atoms with E-state index in [1.807, 2.05) is 18.2 Å². The van der Waals surface area contributed by atoms with Crippen LogP contribution in [-0.4, -0.2) is 23.0 Å². The van der Waals surface area contributed by atoms with Gasteiger partial charge in [0.25, 0.3) is 5.91 Å². The number of aliphatic imine (C=N–C) groups is 1. The molecule has 1 heterocycles. The lowest BCUT2D eigenvalue weighted by atomic mass is 9.87. The van der Waals surface area contributed by atoms with Crippen molar-refractivity contribution in [3.8, 4) is 0 Å². The minimum atomic E-state index is -0.406. The molecule has 0 atom stereocenters. The molecule has 0 N–H and O–H groups in total. The molecule has 0 radical (unpaired) electrons. The van der Waals surface area contributed by atoms with Gasteiger partial charge in [0.05, 0.1) is 4.91 Å². The Morgan fingerprint density at radius 2 is 1.73 bits per heavy atom. The maximum atomic E-state index is 13.8. The first-order valence-electron chi connectivity index (χ1n) is 8.37. The van der Waals surface area contributed by atoms with Crippen LogP contribution in [0.3, 0.4) is 0 Å². The van der Waals surface area contributed by atoms with Crippen molar-refractivity contribution in [1.29, 1.82) is 0 Å². The highest BCUT2D eigenvalue weighted by Crippen LogP contribution is 2.34. The van der Waals surface area contributed by atoms with E-state index >= 15 is 0 Å². The van der Waals surface area contributed by atoms with Crippen LogP contribution in [0.2, 0.25) is 0 Å². The summed E-state index contributed by atoms with van der Waals surface area (Å²) in [6.45, 7) is 6.49. The third kappa shape index (κ3) is 3.88. The Kier molecular flexibility index (Phi) is 5.01. The Morgan fingerprint density at radius 1 is 1.08 bits per heavy atom. The van der Waals surface area contributed by atoms with Crippen molar-refractivity contribution in [2.45, 2.75) is 26.2 Å². The van der Waals surface area contributed by atoms with E-state index in [-0.39, 0.29) is 17.0 Å². The van der Waals surface area contributed by atoms with E-state index in [4.69, 9.17) is 0 Å². The van der Waals surface area contributed by atoms with E-state index in [1.165, 1.54) is 28.3 Å². The zero-order chi connectivity index (χ0) is 18.9. The molecule has 1 amide bonds. The second kappa shape index (κ2) is 7.08. The van der Waals surface area contributed by atoms with Gasteiger partial charge in [-0.1, -0.05) is 57.2 Å². The summed E-state index contributed by atoms with van der Waals surface area (Å²) in [6, 6.07) is 14.5. The molecule has 3 nitrogen and oxygen atoms in total. The van der Waals surface area contributed by atoms with Crippen LogP contribution in [0.5, 0.6) is 0 Å². The number of benzene rings is 2. The minimum Gasteiger partial charge on any atom is -0.290 e. The second-order valence-corrected chi connectivity index (χ2v) is 8.20. The van der Waals surface area contributed by atoms with Crippen LogP contribution < -0.4 is 0 Å². The van der Waals surface area contributed by atoms with Crippen molar-refractivity contribution in [1.82, 2.24) is 4.90 Å². The highest BCUT2D eigenvalue weighted by molar-refractivity contribution is 8.18. The molecule has 1 fully saturated rings. The molecule has 134 valence electrons. The number of para-hydroxylation sites is 1. The zero-order valence-corrected chi connectivity index (χ0v) is 16.1. The normalized spacial score (nSPS) is 18.2. The monoisotopic (exact) mass is 368 g/mol. The highest BCUT2D eigenvalue weighted by Gasteiger charge is 2.30. The van der Waals surface area contributed by atoms with Gasteiger partial charge in [0, 0.05) is 7.05 Å². The van der Waals surface area contributed by atoms with E-state index in [0.717, 1.165) is 5.56 Å². The van der Waals surface area contributed by atoms with Gasteiger partial charge in [-0.25, -0.2) is 9.38 Å². The van der Waals surface area contributed by atoms with Gasteiger partial charge >= 0.3 is 0 Å². The predicted octanol–water partition coefficient (Wildman–Crippen LogP) is 5.36. The first-order valence-corrected chi connectivity index (χ1v) is 9.19. The molecule has 5 heteroatoms. The van der Waals surface area contributed by atoms with E-state index < -0.39 is 5.82 Å². The molecule has 2 aromatic rings. The smallest absolute Gasteiger partial charge is 0.266 e. The number of halogens is 1. The number of amidine groups is 1. The first-order chi connectivity index (χ1) is 12.3. The minimum absolute atomic E-state index is 0.0867. The van der Waals surface area contributed by atoms with Crippen LogP contribution in [0.25, 0.3) is 6.08 Å². The Labute approximate surface area is 157 Å². The molecule has 1 saturated heterocycles. The van der Waals surface area contributed by atoms with Gasteiger partial charge in [0.15, 0.2) is 5.17 Å². The number of carbonyl (C=O) groups is 1. The highest BCUT2D eigenvalue weighted by atomic mass is 32.2. The quantitative estimate of drug-likeness (QED) is 0.669. The van der Waals surface area contributed by atoms with Crippen molar-refractivity contribution < 1.29 is 9.18 Å². The van der Waals surface area contributed by atoms with Gasteiger partial charge in [-0.15, -0.1) is 0 Å². The summed E-state index contributed by atoms with van der Waals surface area (Å²) in [6.07, 6.45) is 1.85. The summed E-state index contributed by atoms with van der Waals surface area (Å²) in [5.41, 5.74) is 2.51. The number of amides is 1. The Hall–Kier alpha value is -2.40. The van der Waals surface area contributed by atoms with Gasteiger partial charge in [0.2, 0.25) is 0 Å². The van der Waals surface area contributed by atoms with Crippen molar-refractivity contribution in [2.75, 3.05) is 7.05 Å². The van der Waals surface area contributed by atoms with Crippen LogP contribution in [0.1, 0.15) is 31.9 Å². The van der Waals surface area contributed by atoms with Gasteiger partial charge in [-0.2, -0.15) is 0 Å². The molecule has 1 aliphatic rings. The number of rotatable bonds is 2. The molecule has 26 heavy (non-hydrogen) atoms. The summed E-state index contributed by atoms with van der Waals surface area (Å²) in [7, 11) is 1.65. The number of nitrogens with zero attached hydrogens (tertiary/aromatic N) is 2. The summed E-state index contributed by atoms with van der Waals surface area (Å²) in [5, 5.41) is 0.470. The summed E-state index contributed by atoms with van der Waals surface area (Å²) in [5.74, 6) is -0.540. The fourth-order valence-corrected chi connectivity index (χ4v) is 3.51. The summed E-state index contributed by atoms with van der Waals surface area (Å²) >= 11 is 1.26. The first kappa shape index (κ1) is 18.4. The maximum Gasteiger partial charge on any atom is 0.266 e. The number of hydrogen-bond donors (Lipinski definition) is 0. The molecular formula is C21H21FN2OS. The Balaban J connectivity index is 1.87. The Morgan fingerprint density at radius 3 is 2.35 bits per heavy atom. The average Bonchev–Trinajstić information content (AvgIpc) is 2.85. The standard InChI is InChI=1S/C21H21FN2OS/c1-21(2,3)15-11-9-14(10-12-15)13-18-19(25)24(4)20(26-18)23-17-8-6-5-7-16(17)22/h5-13H,1-4H3/b18-13+,23-20?. The molecule has 0 unspecified atom stereocenters. The third-order valence-corrected chi connectivity index (χ3v) is 5.21. The molecule has 3 rings (SSSR count). The molecular weight excluding hydrogens is 347 g/mol. The lowest BCUT2D eigenvalue weighted by Gasteiger charge is -2.18. The summed E-state index contributed by atoms with van der Waals surface area (Å²) in [4.78, 5) is 18.8. The van der Waals surface area contributed by atoms with Crippen LogP contribution in [0.4, 0.5) is 10.1 Å². The van der Waals surface area contributed by atoms with Gasteiger partial charge in [-0.3, -0.25) is 9.69 Å². The fourth-order valence-electron chi connectivity index (χ4n) is 2.53. The largest absolute Gasteiger partial charge is 0.290 e. The predicted molar refractivity (Wildman–Crippen MR) is 107 cm³/mol. The molecule has 1 aliphatic heterocycles. The number of carbonyl (C=O) groups excluding carboxylic acids is 1. The number of likely N-dealkylation sites (N-methyl/N-ethyl adjacent to an activating group) is 1. The summed E-state index contributed by atoms with van der Waals surface area (Å²) < 4.78 is 13.8. The van der Waals surface area contributed by atoms with Crippen molar-refractivity contribution in [3.63, 3.8) is 0 Å². The third-order valence-electron chi connectivity index (χ3n) is 4.15. The molecule has 2 aromatic carbocycles. The number of hydrogen-bond acceptors (Lipinski definition) is 3. The molecule has 0 aromatic heterocycles.